The van der Waals surface area contributed by atoms with Gasteiger partial charge in [0.2, 0.25) is 10.0 Å². The van der Waals surface area contributed by atoms with Gasteiger partial charge in [-0.05, 0) is 12.5 Å². The lowest BCUT2D eigenvalue weighted by Crippen LogP contribution is -2.49. The maximum absolute atomic E-state index is 12.5. The van der Waals surface area contributed by atoms with E-state index in [4.69, 9.17) is 0 Å². The Kier molecular flexibility index (Phi) is 4.46. The van der Waals surface area contributed by atoms with Crippen molar-refractivity contribution in [2.45, 2.75) is 12.7 Å². The summed E-state index contributed by atoms with van der Waals surface area (Å²) >= 11 is 1.65. The van der Waals surface area contributed by atoms with Crippen LogP contribution in [-0.2, 0) is 15.8 Å². The number of hydrogen-bond donors (Lipinski definition) is 0. The first kappa shape index (κ1) is 15.5. The number of aromatic nitrogens is 1. The van der Waals surface area contributed by atoms with Crippen molar-refractivity contribution in [2.75, 3.05) is 31.1 Å². The summed E-state index contributed by atoms with van der Waals surface area (Å²) in [5.74, 6) is 0.0736. The first-order valence-electron chi connectivity index (χ1n) is 7.24. The van der Waals surface area contributed by atoms with Crippen LogP contribution in [0, 0.1) is 6.92 Å². The SMILES string of the molecule is Cc1cnc(N2CCN(S(=O)(=O)Cc3ccccc3)CC2)s1. The van der Waals surface area contributed by atoms with Crippen LogP contribution < -0.4 is 4.90 Å². The van der Waals surface area contributed by atoms with E-state index in [-0.39, 0.29) is 5.75 Å². The Morgan fingerprint density at radius 2 is 1.82 bits per heavy atom. The molecule has 0 N–H and O–H groups in total. The predicted molar refractivity (Wildman–Crippen MR) is 89.7 cm³/mol. The standard InChI is InChI=1S/C15H19N3O2S2/c1-13-11-16-15(21-13)17-7-9-18(10-8-17)22(19,20)12-14-5-3-2-4-6-14/h2-6,11H,7-10,12H2,1H3. The quantitative estimate of drug-likeness (QED) is 0.857. The summed E-state index contributed by atoms with van der Waals surface area (Å²) < 4.78 is 26.6. The van der Waals surface area contributed by atoms with Crippen molar-refractivity contribution in [3.63, 3.8) is 0 Å². The maximum atomic E-state index is 12.5. The van der Waals surface area contributed by atoms with Crippen molar-refractivity contribution >= 4 is 26.5 Å². The predicted octanol–water partition coefficient (Wildman–Crippen LogP) is 2.10. The summed E-state index contributed by atoms with van der Waals surface area (Å²) in [6.45, 7) is 4.46. The van der Waals surface area contributed by atoms with E-state index in [0.717, 1.165) is 10.7 Å². The van der Waals surface area contributed by atoms with Crippen molar-refractivity contribution in [1.29, 1.82) is 0 Å². The molecule has 7 heteroatoms. The van der Waals surface area contributed by atoms with Gasteiger partial charge in [0, 0.05) is 37.3 Å². The molecule has 1 fully saturated rings. The molecule has 3 rings (SSSR count). The number of sulfonamides is 1. The molecule has 1 aliphatic heterocycles. The van der Waals surface area contributed by atoms with E-state index >= 15 is 0 Å². The number of thiazole rings is 1. The number of benzene rings is 1. The second-order valence-electron chi connectivity index (χ2n) is 5.38. The fourth-order valence-electron chi connectivity index (χ4n) is 2.52. The molecule has 1 saturated heterocycles. The van der Waals surface area contributed by atoms with E-state index in [1.54, 1.807) is 15.6 Å². The number of aryl methyl sites for hydroxylation is 1. The lowest BCUT2D eigenvalue weighted by atomic mass is 10.2. The van der Waals surface area contributed by atoms with Crippen LogP contribution in [0.1, 0.15) is 10.4 Å². The highest BCUT2D eigenvalue weighted by molar-refractivity contribution is 7.88. The molecular weight excluding hydrogens is 318 g/mol. The molecule has 0 aliphatic carbocycles. The van der Waals surface area contributed by atoms with Gasteiger partial charge >= 0.3 is 0 Å². The lowest BCUT2D eigenvalue weighted by Gasteiger charge is -2.33. The summed E-state index contributed by atoms with van der Waals surface area (Å²) in [5.41, 5.74) is 0.834. The van der Waals surface area contributed by atoms with Gasteiger partial charge in [-0.3, -0.25) is 0 Å². The lowest BCUT2D eigenvalue weighted by molar-refractivity contribution is 0.384. The van der Waals surface area contributed by atoms with Gasteiger partial charge in [-0.25, -0.2) is 13.4 Å². The van der Waals surface area contributed by atoms with Crippen LogP contribution in [0.5, 0.6) is 0 Å². The molecule has 0 saturated carbocycles. The number of rotatable bonds is 4. The first-order valence-corrected chi connectivity index (χ1v) is 9.66. The van der Waals surface area contributed by atoms with Gasteiger partial charge in [0.15, 0.2) is 5.13 Å². The van der Waals surface area contributed by atoms with E-state index in [1.165, 1.54) is 4.88 Å². The fraction of sp³-hybridized carbons (Fsp3) is 0.400. The van der Waals surface area contributed by atoms with Gasteiger partial charge in [0.05, 0.1) is 5.75 Å². The van der Waals surface area contributed by atoms with Gasteiger partial charge in [-0.1, -0.05) is 30.3 Å². The fourth-order valence-corrected chi connectivity index (χ4v) is 4.85. The van der Waals surface area contributed by atoms with Gasteiger partial charge in [-0.15, -0.1) is 11.3 Å². The third kappa shape index (κ3) is 3.48. The van der Waals surface area contributed by atoms with Crippen molar-refractivity contribution in [2.24, 2.45) is 0 Å². The Morgan fingerprint density at radius 1 is 1.14 bits per heavy atom. The van der Waals surface area contributed by atoms with E-state index in [0.29, 0.717) is 26.2 Å². The largest absolute Gasteiger partial charge is 0.345 e. The highest BCUT2D eigenvalue weighted by atomic mass is 32.2. The van der Waals surface area contributed by atoms with Crippen LogP contribution in [0.3, 0.4) is 0 Å². The second-order valence-corrected chi connectivity index (χ2v) is 8.56. The van der Waals surface area contributed by atoms with E-state index in [2.05, 4.69) is 9.88 Å². The van der Waals surface area contributed by atoms with E-state index in [9.17, 15) is 8.42 Å². The Morgan fingerprint density at radius 3 is 2.41 bits per heavy atom. The minimum atomic E-state index is -3.25. The van der Waals surface area contributed by atoms with Gasteiger partial charge in [-0.2, -0.15) is 4.31 Å². The Hall–Kier alpha value is -1.44. The molecule has 118 valence electrons. The number of nitrogens with zero attached hydrogens (tertiary/aromatic N) is 3. The summed E-state index contributed by atoms with van der Waals surface area (Å²) in [4.78, 5) is 7.70. The van der Waals surface area contributed by atoms with Crippen LogP contribution >= 0.6 is 11.3 Å². The highest BCUT2D eigenvalue weighted by Gasteiger charge is 2.27. The van der Waals surface area contributed by atoms with Crippen LogP contribution in [0.4, 0.5) is 5.13 Å². The second kappa shape index (κ2) is 6.36. The Labute approximate surface area is 135 Å². The molecule has 5 nitrogen and oxygen atoms in total. The monoisotopic (exact) mass is 337 g/mol. The summed E-state index contributed by atoms with van der Waals surface area (Å²) in [7, 11) is -3.25. The summed E-state index contributed by atoms with van der Waals surface area (Å²) in [5, 5.41) is 0.984. The third-order valence-corrected chi connectivity index (χ3v) is 6.53. The molecule has 2 heterocycles. The minimum Gasteiger partial charge on any atom is -0.345 e. The van der Waals surface area contributed by atoms with Crippen LogP contribution in [0.25, 0.3) is 0 Å². The van der Waals surface area contributed by atoms with Gasteiger partial charge in [0.25, 0.3) is 0 Å². The topological polar surface area (TPSA) is 53.5 Å². The normalized spacial score (nSPS) is 16.9. The average Bonchev–Trinajstić information content (AvgIpc) is 2.95. The van der Waals surface area contributed by atoms with Crippen LogP contribution in [-0.4, -0.2) is 43.9 Å². The van der Waals surface area contributed by atoms with Crippen molar-refractivity contribution in [1.82, 2.24) is 9.29 Å². The van der Waals surface area contributed by atoms with E-state index in [1.807, 2.05) is 43.5 Å². The number of anilines is 1. The van der Waals surface area contributed by atoms with Crippen LogP contribution in [0.2, 0.25) is 0 Å². The molecular formula is C15H19N3O2S2. The molecule has 0 radical (unpaired) electrons. The molecule has 0 unspecified atom stereocenters. The smallest absolute Gasteiger partial charge is 0.218 e. The molecule has 1 aromatic carbocycles. The molecule has 22 heavy (non-hydrogen) atoms. The molecule has 0 atom stereocenters. The zero-order valence-electron chi connectivity index (χ0n) is 12.5. The molecule has 0 bridgehead atoms. The van der Waals surface area contributed by atoms with Crippen molar-refractivity contribution < 1.29 is 8.42 Å². The van der Waals surface area contributed by atoms with Gasteiger partial charge in [0.1, 0.15) is 0 Å². The van der Waals surface area contributed by atoms with E-state index < -0.39 is 10.0 Å². The highest BCUT2D eigenvalue weighted by Crippen LogP contribution is 2.23. The molecule has 1 aromatic heterocycles. The van der Waals surface area contributed by atoms with Gasteiger partial charge < -0.3 is 4.90 Å². The number of hydrogen-bond acceptors (Lipinski definition) is 5. The zero-order valence-corrected chi connectivity index (χ0v) is 14.1. The molecule has 2 aromatic rings. The third-order valence-electron chi connectivity index (χ3n) is 3.70. The molecule has 0 amide bonds. The zero-order chi connectivity index (χ0) is 15.6. The van der Waals surface area contributed by atoms with Crippen molar-refractivity contribution in [3.05, 3.63) is 47.0 Å². The minimum absolute atomic E-state index is 0.0736. The Bertz CT molecular complexity index is 720. The number of piperazine rings is 1. The Balaban J connectivity index is 1.63. The first-order chi connectivity index (χ1) is 10.5. The molecule has 0 spiro atoms. The van der Waals surface area contributed by atoms with Crippen molar-refractivity contribution in [3.8, 4) is 0 Å². The average molecular weight is 337 g/mol. The van der Waals surface area contributed by atoms with Crippen LogP contribution in [0.15, 0.2) is 36.5 Å². The maximum Gasteiger partial charge on any atom is 0.218 e. The summed E-state index contributed by atoms with van der Waals surface area (Å²) in [6, 6.07) is 9.34. The summed E-state index contributed by atoms with van der Waals surface area (Å²) in [6.07, 6.45) is 1.86. The molecule has 1 aliphatic rings.